The van der Waals surface area contributed by atoms with Gasteiger partial charge in [-0.05, 0) is 32.1 Å². The Balaban J connectivity index is 1.69. The van der Waals surface area contributed by atoms with Crippen LogP contribution in [0, 0.1) is 0 Å². The summed E-state index contributed by atoms with van der Waals surface area (Å²) in [5.41, 5.74) is 1.30. The average molecular weight is 353 g/mol. The molecule has 7 heteroatoms. The minimum absolute atomic E-state index is 0.277. The van der Waals surface area contributed by atoms with Gasteiger partial charge in [-0.3, -0.25) is 0 Å². The van der Waals surface area contributed by atoms with E-state index in [1.807, 2.05) is 0 Å². The smallest absolute Gasteiger partial charge is 0.243 e. The molecule has 1 aromatic rings. The fourth-order valence-corrected chi connectivity index (χ4v) is 4.39. The molecular weight excluding hydrogens is 328 g/mol. The van der Waals surface area contributed by atoms with Gasteiger partial charge < -0.3 is 14.4 Å². The normalized spacial score (nSPS) is 19.1. The van der Waals surface area contributed by atoms with Crippen molar-refractivity contribution in [3.05, 3.63) is 29.8 Å². The van der Waals surface area contributed by atoms with Crippen LogP contribution in [0.25, 0.3) is 0 Å². The second-order valence-corrected chi connectivity index (χ2v) is 8.38. The Labute approximate surface area is 143 Å². The van der Waals surface area contributed by atoms with Gasteiger partial charge in [0.1, 0.15) is 13.2 Å². The number of benzene rings is 1. The Morgan fingerprint density at radius 2 is 1.83 bits per heavy atom. The number of hydrogen-bond donors (Lipinski definition) is 1. The molecule has 0 radical (unpaired) electrons. The number of quaternary nitrogens is 1. The molecule has 1 aromatic carbocycles. The number of sulfonamides is 1. The van der Waals surface area contributed by atoms with Crippen LogP contribution in [0.1, 0.15) is 13.8 Å². The summed E-state index contributed by atoms with van der Waals surface area (Å²) in [6.45, 7) is 8.81. The van der Waals surface area contributed by atoms with Crippen molar-refractivity contribution in [2.75, 3.05) is 45.9 Å². The summed E-state index contributed by atoms with van der Waals surface area (Å²) in [5.74, 6) is 1.12. The zero-order valence-corrected chi connectivity index (χ0v) is 15.1. The number of nitrogens with one attached hydrogen (secondary N) is 1. The maximum Gasteiger partial charge on any atom is 0.243 e. The zero-order chi connectivity index (χ0) is 17.2. The van der Waals surface area contributed by atoms with E-state index < -0.39 is 10.0 Å². The summed E-state index contributed by atoms with van der Waals surface area (Å²) in [5, 5.41) is 0. The number of rotatable bonds is 4. The van der Waals surface area contributed by atoms with Crippen molar-refractivity contribution in [1.29, 1.82) is 0 Å². The maximum absolute atomic E-state index is 12.9. The minimum Gasteiger partial charge on any atom is -0.486 e. The van der Waals surface area contributed by atoms with Crippen molar-refractivity contribution in [2.45, 2.75) is 18.7 Å². The standard InChI is InChI=1S/C17H24N2O4S/c1-14(2)5-6-18-7-9-19(10-8-18)24(20,21)15-3-4-16-17(13-15)23-12-11-22-16/h3-5,13H,6-12H2,1-2H3/p+1. The Bertz CT molecular complexity index is 718. The number of allylic oxidation sites excluding steroid dienone is 1. The van der Waals surface area contributed by atoms with Gasteiger partial charge in [0, 0.05) is 6.07 Å². The van der Waals surface area contributed by atoms with Crippen LogP contribution in [0.15, 0.2) is 34.7 Å². The summed E-state index contributed by atoms with van der Waals surface area (Å²) in [6.07, 6.45) is 2.21. The second kappa shape index (κ2) is 7.13. The molecule has 0 amide bonds. The summed E-state index contributed by atoms with van der Waals surface area (Å²) in [7, 11) is -3.48. The third kappa shape index (κ3) is 3.74. The molecule has 0 aliphatic carbocycles. The lowest BCUT2D eigenvalue weighted by molar-refractivity contribution is -0.897. The largest absolute Gasteiger partial charge is 0.486 e. The highest BCUT2D eigenvalue weighted by Crippen LogP contribution is 2.33. The van der Waals surface area contributed by atoms with Gasteiger partial charge in [-0.1, -0.05) is 5.57 Å². The minimum atomic E-state index is -3.48. The van der Waals surface area contributed by atoms with Crippen LogP contribution in [0.3, 0.4) is 0 Å². The van der Waals surface area contributed by atoms with Crippen LogP contribution in [0.4, 0.5) is 0 Å². The van der Waals surface area contributed by atoms with Crippen molar-refractivity contribution in [3.63, 3.8) is 0 Å². The molecule has 24 heavy (non-hydrogen) atoms. The van der Waals surface area contributed by atoms with Gasteiger partial charge in [0.15, 0.2) is 11.5 Å². The predicted molar refractivity (Wildman–Crippen MR) is 91.2 cm³/mol. The third-order valence-corrected chi connectivity index (χ3v) is 6.27. The van der Waals surface area contributed by atoms with Gasteiger partial charge in [0.2, 0.25) is 10.0 Å². The van der Waals surface area contributed by atoms with E-state index in [4.69, 9.17) is 9.47 Å². The van der Waals surface area contributed by atoms with Crippen molar-refractivity contribution in [2.24, 2.45) is 0 Å². The highest BCUT2D eigenvalue weighted by molar-refractivity contribution is 7.89. The Kier molecular flexibility index (Phi) is 5.12. The molecule has 132 valence electrons. The Hall–Kier alpha value is -1.57. The third-order valence-electron chi connectivity index (χ3n) is 4.38. The summed E-state index contributed by atoms with van der Waals surface area (Å²) >= 11 is 0. The molecule has 1 saturated heterocycles. The van der Waals surface area contributed by atoms with Crippen LogP contribution in [-0.4, -0.2) is 58.7 Å². The van der Waals surface area contributed by atoms with Gasteiger partial charge in [-0.25, -0.2) is 8.42 Å². The van der Waals surface area contributed by atoms with E-state index in [1.165, 1.54) is 10.5 Å². The molecule has 1 fully saturated rings. The van der Waals surface area contributed by atoms with Gasteiger partial charge in [0.05, 0.1) is 37.6 Å². The monoisotopic (exact) mass is 353 g/mol. The van der Waals surface area contributed by atoms with Gasteiger partial charge in [-0.2, -0.15) is 4.31 Å². The summed E-state index contributed by atoms with van der Waals surface area (Å²) in [6, 6.07) is 4.86. The van der Waals surface area contributed by atoms with Crippen LogP contribution in [0.5, 0.6) is 11.5 Å². The highest BCUT2D eigenvalue weighted by atomic mass is 32.2. The number of fused-ring (bicyclic) bond motifs is 1. The van der Waals surface area contributed by atoms with Gasteiger partial charge in [-0.15, -0.1) is 0 Å². The van der Waals surface area contributed by atoms with Crippen LogP contribution in [0.2, 0.25) is 0 Å². The first kappa shape index (κ1) is 17.3. The molecule has 2 aliphatic heterocycles. The number of ether oxygens (including phenoxy) is 2. The molecule has 0 aromatic heterocycles. The Morgan fingerprint density at radius 3 is 2.50 bits per heavy atom. The molecule has 0 spiro atoms. The molecule has 1 N–H and O–H groups in total. The zero-order valence-electron chi connectivity index (χ0n) is 14.2. The first-order valence-corrected chi connectivity index (χ1v) is 9.77. The number of hydrogen-bond acceptors (Lipinski definition) is 4. The van der Waals surface area contributed by atoms with Crippen LogP contribution in [-0.2, 0) is 10.0 Å². The number of piperazine rings is 1. The lowest BCUT2D eigenvalue weighted by atomic mass is 10.3. The van der Waals surface area contributed by atoms with Crippen LogP contribution < -0.4 is 14.4 Å². The van der Waals surface area contributed by atoms with E-state index in [-0.39, 0.29) is 4.90 Å². The van der Waals surface area contributed by atoms with E-state index in [9.17, 15) is 8.42 Å². The predicted octanol–water partition coefficient (Wildman–Crippen LogP) is 0.313. The maximum atomic E-state index is 12.9. The van der Waals surface area contributed by atoms with Crippen LogP contribution >= 0.6 is 0 Å². The number of nitrogens with zero attached hydrogens (tertiary/aromatic N) is 1. The first-order chi connectivity index (χ1) is 11.5. The van der Waals surface area contributed by atoms with E-state index in [2.05, 4.69) is 19.9 Å². The topological polar surface area (TPSA) is 60.3 Å². The van der Waals surface area contributed by atoms with Gasteiger partial charge >= 0.3 is 0 Å². The average Bonchev–Trinajstić information content (AvgIpc) is 2.60. The summed E-state index contributed by atoms with van der Waals surface area (Å²) in [4.78, 5) is 1.70. The molecule has 2 heterocycles. The summed E-state index contributed by atoms with van der Waals surface area (Å²) < 4.78 is 38.2. The molecule has 0 saturated carbocycles. The molecule has 0 unspecified atom stereocenters. The van der Waals surface area contributed by atoms with Crippen molar-refractivity contribution >= 4 is 10.0 Å². The molecule has 0 atom stereocenters. The van der Waals surface area contributed by atoms with E-state index in [1.54, 1.807) is 22.5 Å². The lowest BCUT2D eigenvalue weighted by Gasteiger charge is -2.31. The fraction of sp³-hybridized carbons (Fsp3) is 0.529. The quantitative estimate of drug-likeness (QED) is 0.792. The van der Waals surface area contributed by atoms with E-state index in [0.717, 1.165) is 19.6 Å². The van der Waals surface area contributed by atoms with Gasteiger partial charge in [0.25, 0.3) is 0 Å². The highest BCUT2D eigenvalue weighted by Gasteiger charge is 2.31. The lowest BCUT2D eigenvalue weighted by Crippen LogP contribution is -3.14. The second-order valence-electron chi connectivity index (χ2n) is 6.45. The first-order valence-electron chi connectivity index (χ1n) is 8.33. The Morgan fingerprint density at radius 1 is 1.17 bits per heavy atom. The van der Waals surface area contributed by atoms with Crippen molar-refractivity contribution < 1.29 is 22.8 Å². The van der Waals surface area contributed by atoms with Crippen molar-refractivity contribution in [1.82, 2.24) is 4.31 Å². The fourth-order valence-electron chi connectivity index (χ4n) is 2.93. The van der Waals surface area contributed by atoms with E-state index in [0.29, 0.717) is 37.8 Å². The van der Waals surface area contributed by atoms with E-state index >= 15 is 0 Å². The molecule has 3 rings (SSSR count). The molecule has 0 bridgehead atoms. The molecular formula is C17H25N2O4S+. The molecule has 2 aliphatic rings. The van der Waals surface area contributed by atoms with Crippen molar-refractivity contribution in [3.8, 4) is 11.5 Å². The molecule has 6 nitrogen and oxygen atoms in total. The SMILES string of the molecule is CC(C)=CC[NH+]1CCN(S(=O)(=O)c2ccc3c(c2)OCCO3)CC1.